The lowest BCUT2D eigenvalue weighted by atomic mass is 9.81. The van der Waals surface area contributed by atoms with E-state index < -0.39 is 5.92 Å². The quantitative estimate of drug-likeness (QED) is 0.519. The molecule has 182 valence electrons. The molecule has 0 N–H and O–H groups in total. The highest BCUT2D eigenvalue weighted by atomic mass is 16.5. The Morgan fingerprint density at radius 1 is 1.06 bits per heavy atom. The highest BCUT2D eigenvalue weighted by Crippen LogP contribution is 2.29. The first-order valence-electron chi connectivity index (χ1n) is 12.3. The Labute approximate surface area is 194 Å². The van der Waals surface area contributed by atoms with E-state index in [-0.39, 0.29) is 17.2 Å². The highest BCUT2D eigenvalue weighted by molar-refractivity contribution is 5.98. The van der Waals surface area contributed by atoms with Crippen LogP contribution in [0.25, 0.3) is 0 Å². The van der Waals surface area contributed by atoms with Crippen LogP contribution < -0.4 is 0 Å². The van der Waals surface area contributed by atoms with Crippen molar-refractivity contribution >= 4 is 11.8 Å². The molecule has 7 heteroatoms. The number of carbonyl (C=O) groups is 2. The Kier molecular flexibility index (Phi) is 10.9. The van der Waals surface area contributed by atoms with Crippen LogP contribution in [0.2, 0.25) is 0 Å². The molecule has 1 aliphatic rings. The summed E-state index contributed by atoms with van der Waals surface area (Å²) in [5.74, 6) is -0.926. The summed E-state index contributed by atoms with van der Waals surface area (Å²) >= 11 is 0. The fraction of sp³-hybridized carbons (Fsp3) is 0.800. The maximum absolute atomic E-state index is 12.7. The maximum Gasteiger partial charge on any atom is 0.316 e. The van der Waals surface area contributed by atoms with E-state index in [1.807, 2.05) is 24.9 Å². The molecule has 7 nitrogen and oxygen atoms in total. The number of ether oxygens (including phenoxy) is 1. The van der Waals surface area contributed by atoms with Crippen LogP contribution in [0.1, 0.15) is 71.4 Å². The molecule has 1 aromatic rings. The molecule has 1 aromatic heterocycles. The highest BCUT2D eigenvalue weighted by Gasteiger charge is 2.28. The zero-order valence-corrected chi connectivity index (χ0v) is 20.9. The number of carbonyl (C=O) groups excluding carboxylic acids is 2. The van der Waals surface area contributed by atoms with Crippen LogP contribution in [0.5, 0.6) is 0 Å². The summed E-state index contributed by atoms with van der Waals surface area (Å²) in [6.07, 6.45) is 9.63. The van der Waals surface area contributed by atoms with Crippen LogP contribution in [-0.4, -0.2) is 70.9 Å². The Bertz CT molecular complexity index is 716. The minimum atomic E-state index is -0.614. The number of cyclic esters (lactones) is 1. The average molecular weight is 449 g/mol. The predicted molar refractivity (Wildman–Crippen MR) is 127 cm³/mol. The summed E-state index contributed by atoms with van der Waals surface area (Å²) in [6, 6.07) is 0. The topological polar surface area (TPSA) is 67.7 Å². The van der Waals surface area contributed by atoms with Gasteiger partial charge in [0, 0.05) is 39.3 Å². The van der Waals surface area contributed by atoms with Crippen LogP contribution in [-0.2, 0) is 27.9 Å². The Hall–Kier alpha value is -1.73. The predicted octanol–water partition coefficient (Wildman–Crippen LogP) is 3.67. The molecule has 1 saturated heterocycles. The third kappa shape index (κ3) is 9.41. The fourth-order valence-electron chi connectivity index (χ4n) is 4.30. The second-order valence-electron chi connectivity index (χ2n) is 10.2. The molecule has 1 aliphatic heterocycles. The molecule has 0 amide bonds. The second-order valence-corrected chi connectivity index (χ2v) is 10.2. The van der Waals surface area contributed by atoms with Gasteiger partial charge in [0.15, 0.2) is 0 Å². The number of esters is 1. The van der Waals surface area contributed by atoms with Gasteiger partial charge in [-0.1, -0.05) is 20.8 Å². The molecule has 32 heavy (non-hydrogen) atoms. The first kappa shape index (κ1) is 26.5. The Morgan fingerprint density at radius 3 is 2.53 bits per heavy atom. The van der Waals surface area contributed by atoms with E-state index >= 15 is 0 Å². The summed E-state index contributed by atoms with van der Waals surface area (Å²) < 4.78 is 7.47. The summed E-state index contributed by atoms with van der Waals surface area (Å²) in [4.78, 5) is 34.5. The fourth-order valence-corrected chi connectivity index (χ4v) is 4.30. The molecule has 2 rings (SSSR count). The number of aryl methyl sites for hydroxylation is 1. The van der Waals surface area contributed by atoms with Crippen LogP contribution in [0.3, 0.4) is 0 Å². The minimum absolute atomic E-state index is 0.0327. The smallest absolute Gasteiger partial charge is 0.316 e. The summed E-state index contributed by atoms with van der Waals surface area (Å²) in [5.41, 5.74) is 1.17. The number of imidazole rings is 1. The van der Waals surface area contributed by atoms with E-state index in [0.717, 1.165) is 70.5 Å². The van der Waals surface area contributed by atoms with Gasteiger partial charge in [-0.15, -0.1) is 0 Å². The molecule has 0 spiro atoms. The van der Waals surface area contributed by atoms with Crippen molar-refractivity contribution in [3.05, 3.63) is 18.2 Å². The molecule has 0 radical (unpaired) electrons. The average Bonchev–Trinajstić information content (AvgIpc) is 3.14. The van der Waals surface area contributed by atoms with Crippen LogP contribution in [0, 0.1) is 11.3 Å². The molecular formula is C25H44N4O3. The van der Waals surface area contributed by atoms with Crippen molar-refractivity contribution < 1.29 is 14.3 Å². The number of nitrogens with zero attached hydrogens (tertiary/aromatic N) is 4. The molecule has 0 aromatic carbocycles. The van der Waals surface area contributed by atoms with E-state index in [2.05, 4.69) is 41.9 Å². The van der Waals surface area contributed by atoms with Crippen molar-refractivity contribution in [3.63, 3.8) is 0 Å². The maximum atomic E-state index is 12.7. The Balaban J connectivity index is 2.01. The van der Waals surface area contributed by atoms with Crippen molar-refractivity contribution in [3.8, 4) is 0 Å². The molecule has 0 bridgehead atoms. The SMILES string of the molecule is CCC1C(=O)CCC(C)(C)CCCN(C)CCN(Cc2cn(C)cn2)CCCCOC1=O. The van der Waals surface area contributed by atoms with Crippen molar-refractivity contribution in [1.82, 2.24) is 19.4 Å². The molecule has 1 unspecified atom stereocenters. The number of aromatic nitrogens is 2. The first-order valence-corrected chi connectivity index (χ1v) is 12.3. The third-order valence-electron chi connectivity index (χ3n) is 6.58. The zero-order chi connectivity index (χ0) is 23.6. The van der Waals surface area contributed by atoms with E-state index in [9.17, 15) is 9.59 Å². The van der Waals surface area contributed by atoms with Crippen LogP contribution in [0.15, 0.2) is 12.5 Å². The van der Waals surface area contributed by atoms with E-state index in [4.69, 9.17) is 4.74 Å². The van der Waals surface area contributed by atoms with Gasteiger partial charge in [0.1, 0.15) is 11.7 Å². The molecule has 0 aliphatic carbocycles. The van der Waals surface area contributed by atoms with E-state index in [0.29, 0.717) is 19.4 Å². The van der Waals surface area contributed by atoms with Gasteiger partial charge in [-0.25, -0.2) is 4.98 Å². The van der Waals surface area contributed by atoms with Crippen molar-refractivity contribution in [1.29, 1.82) is 0 Å². The summed E-state index contributed by atoms with van der Waals surface area (Å²) in [5, 5.41) is 0. The third-order valence-corrected chi connectivity index (χ3v) is 6.58. The lowest BCUT2D eigenvalue weighted by molar-refractivity contribution is -0.152. The number of Topliss-reactive ketones (excluding diaryl/α,β-unsaturated/α-hetero) is 1. The van der Waals surface area contributed by atoms with Gasteiger partial charge in [0.05, 0.1) is 18.6 Å². The molecule has 1 atom stereocenters. The van der Waals surface area contributed by atoms with Gasteiger partial charge in [0.2, 0.25) is 0 Å². The van der Waals surface area contributed by atoms with Gasteiger partial charge in [-0.3, -0.25) is 14.5 Å². The number of hydrogen-bond acceptors (Lipinski definition) is 6. The summed E-state index contributed by atoms with van der Waals surface area (Å²) in [7, 11) is 4.19. The monoisotopic (exact) mass is 448 g/mol. The van der Waals surface area contributed by atoms with E-state index in [1.165, 1.54) is 0 Å². The molecule has 2 heterocycles. The standard InChI is InChI=1S/C25H44N4O3/c1-6-22-23(30)10-12-25(2,3)11-9-13-27(4)15-16-29(14-7-8-17-32-24(22)31)19-21-18-28(5)20-26-21/h18,20,22H,6-17,19H2,1-5H3. The lowest BCUT2D eigenvalue weighted by Crippen LogP contribution is -2.34. The van der Waals surface area contributed by atoms with Crippen molar-refractivity contribution in [2.75, 3.05) is 39.8 Å². The minimum Gasteiger partial charge on any atom is -0.465 e. The summed E-state index contributed by atoms with van der Waals surface area (Å²) in [6.45, 7) is 11.6. The van der Waals surface area contributed by atoms with Gasteiger partial charge >= 0.3 is 5.97 Å². The van der Waals surface area contributed by atoms with Gasteiger partial charge in [-0.05, 0) is 64.1 Å². The number of ketones is 1. The number of hydrogen-bond donors (Lipinski definition) is 0. The molecule has 1 fully saturated rings. The Morgan fingerprint density at radius 2 is 1.84 bits per heavy atom. The zero-order valence-electron chi connectivity index (χ0n) is 20.9. The van der Waals surface area contributed by atoms with Crippen LogP contribution >= 0.6 is 0 Å². The van der Waals surface area contributed by atoms with Crippen LogP contribution in [0.4, 0.5) is 0 Å². The largest absolute Gasteiger partial charge is 0.465 e. The first-order chi connectivity index (χ1) is 15.2. The molecular weight excluding hydrogens is 404 g/mol. The normalized spacial score (nSPS) is 24.0. The number of rotatable bonds is 3. The van der Waals surface area contributed by atoms with Crippen molar-refractivity contribution in [2.45, 2.75) is 72.3 Å². The number of likely N-dealkylation sites (N-methyl/N-ethyl adjacent to an activating group) is 1. The van der Waals surface area contributed by atoms with Gasteiger partial charge in [0.25, 0.3) is 0 Å². The van der Waals surface area contributed by atoms with Crippen molar-refractivity contribution in [2.24, 2.45) is 18.4 Å². The van der Waals surface area contributed by atoms with Gasteiger partial charge in [-0.2, -0.15) is 0 Å². The lowest BCUT2D eigenvalue weighted by Gasteiger charge is -2.28. The molecule has 0 saturated carbocycles. The second kappa shape index (κ2) is 13.1. The van der Waals surface area contributed by atoms with E-state index in [1.54, 1.807) is 0 Å². The van der Waals surface area contributed by atoms with Gasteiger partial charge < -0.3 is 14.2 Å².